The number of benzene rings is 2. The number of allylic oxidation sites excluding steroid dienone is 4. The predicted molar refractivity (Wildman–Crippen MR) is 106 cm³/mol. The lowest BCUT2D eigenvalue weighted by molar-refractivity contribution is 0.103. The molecule has 1 nitrogen and oxygen atoms in total. The Bertz CT molecular complexity index is 874. The van der Waals surface area contributed by atoms with Crippen molar-refractivity contribution in [2.75, 3.05) is 0 Å². The van der Waals surface area contributed by atoms with E-state index in [9.17, 15) is 4.79 Å². The number of hydrogen-bond donors (Lipinski definition) is 0. The van der Waals surface area contributed by atoms with Crippen LogP contribution in [0.5, 0.6) is 0 Å². The molecule has 0 aliphatic heterocycles. The predicted octanol–water partition coefficient (Wildman–Crippen LogP) is 6.34. The summed E-state index contributed by atoms with van der Waals surface area (Å²) in [4.78, 5) is 13.2. The van der Waals surface area contributed by atoms with Crippen molar-refractivity contribution in [2.45, 2.75) is 46.5 Å². The van der Waals surface area contributed by atoms with E-state index in [1.165, 1.54) is 22.3 Å². The van der Waals surface area contributed by atoms with Crippen LogP contribution in [0.1, 0.15) is 68.1 Å². The Morgan fingerprint density at radius 2 is 1.64 bits per heavy atom. The van der Waals surface area contributed by atoms with Crippen molar-refractivity contribution in [1.82, 2.24) is 0 Å². The Labute approximate surface area is 151 Å². The molecule has 0 saturated heterocycles. The van der Waals surface area contributed by atoms with Gasteiger partial charge in [0.1, 0.15) is 0 Å². The zero-order valence-corrected chi connectivity index (χ0v) is 15.8. The van der Waals surface area contributed by atoms with E-state index in [0.29, 0.717) is 0 Å². The Kier molecular flexibility index (Phi) is 4.51. The van der Waals surface area contributed by atoms with E-state index < -0.39 is 0 Å². The molecule has 0 aromatic heterocycles. The van der Waals surface area contributed by atoms with Gasteiger partial charge < -0.3 is 0 Å². The standard InChI is InChI=1S/C24H26O/c1-16-13-19(14-17(16)2)21-12-11-20(24(3,4)5)15-22(21)23(25)18-9-7-6-8-10-18/h6-13,15H,14H2,1-5H3. The second kappa shape index (κ2) is 6.48. The molecule has 0 unspecified atom stereocenters. The highest BCUT2D eigenvalue weighted by Crippen LogP contribution is 2.36. The molecule has 0 fully saturated rings. The van der Waals surface area contributed by atoms with Crippen LogP contribution in [0.25, 0.3) is 5.57 Å². The van der Waals surface area contributed by atoms with Crippen LogP contribution in [0.2, 0.25) is 0 Å². The first kappa shape index (κ1) is 17.4. The maximum atomic E-state index is 13.2. The Balaban J connectivity index is 2.13. The highest BCUT2D eigenvalue weighted by Gasteiger charge is 2.22. The molecule has 2 aromatic carbocycles. The second-order valence-corrected chi connectivity index (χ2v) is 8.02. The van der Waals surface area contributed by atoms with Gasteiger partial charge in [0, 0.05) is 11.1 Å². The topological polar surface area (TPSA) is 17.1 Å². The summed E-state index contributed by atoms with van der Waals surface area (Å²) in [6, 6.07) is 16.0. The molecule has 0 amide bonds. The highest BCUT2D eigenvalue weighted by atomic mass is 16.1. The molecule has 1 aliphatic carbocycles. The summed E-state index contributed by atoms with van der Waals surface area (Å²) >= 11 is 0. The molecule has 3 rings (SSSR count). The van der Waals surface area contributed by atoms with Crippen molar-refractivity contribution >= 4 is 11.4 Å². The van der Waals surface area contributed by atoms with Gasteiger partial charge in [0.2, 0.25) is 0 Å². The number of carbonyl (C=O) groups is 1. The molecular weight excluding hydrogens is 304 g/mol. The average Bonchev–Trinajstić information content (AvgIpc) is 2.92. The van der Waals surface area contributed by atoms with Gasteiger partial charge in [-0.15, -0.1) is 0 Å². The van der Waals surface area contributed by atoms with Crippen molar-refractivity contribution in [2.24, 2.45) is 0 Å². The molecule has 0 saturated carbocycles. The van der Waals surface area contributed by atoms with E-state index in [1.54, 1.807) is 0 Å². The van der Waals surface area contributed by atoms with E-state index >= 15 is 0 Å². The van der Waals surface area contributed by atoms with Crippen LogP contribution in [-0.2, 0) is 5.41 Å². The molecule has 0 radical (unpaired) electrons. The zero-order chi connectivity index (χ0) is 18.2. The molecule has 1 aliphatic rings. The molecular formula is C24H26O. The lowest BCUT2D eigenvalue weighted by atomic mass is 9.82. The summed E-state index contributed by atoms with van der Waals surface area (Å²) in [6.07, 6.45) is 3.15. The first-order valence-corrected chi connectivity index (χ1v) is 8.89. The molecule has 0 spiro atoms. The van der Waals surface area contributed by atoms with Crippen molar-refractivity contribution in [3.05, 3.63) is 88.0 Å². The zero-order valence-electron chi connectivity index (χ0n) is 15.8. The molecule has 25 heavy (non-hydrogen) atoms. The van der Waals surface area contributed by atoms with Gasteiger partial charge in [-0.2, -0.15) is 0 Å². The summed E-state index contributed by atoms with van der Waals surface area (Å²) in [5.74, 6) is 0.102. The summed E-state index contributed by atoms with van der Waals surface area (Å²) in [5.41, 5.74) is 7.77. The molecule has 0 heterocycles. The van der Waals surface area contributed by atoms with Crippen molar-refractivity contribution in [1.29, 1.82) is 0 Å². The SMILES string of the molecule is CC1=C(C)CC(c2ccc(C(C)(C)C)cc2C(=O)c2ccccc2)=C1. The third-order valence-corrected chi connectivity index (χ3v) is 5.03. The number of ketones is 1. The van der Waals surface area contributed by atoms with Gasteiger partial charge in [0.15, 0.2) is 5.78 Å². The minimum absolute atomic E-state index is 0.0123. The molecule has 2 aromatic rings. The van der Waals surface area contributed by atoms with Crippen molar-refractivity contribution < 1.29 is 4.79 Å². The van der Waals surface area contributed by atoms with Gasteiger partial charge in [0.05, 0.1) is 0 Å². The summed E-state index contributed by atoms with van der Waals surface area (Å²) in [5, 5.41) is 0. The Hall–Kier alpha value is -2.41. The third-order valence-electron chi connectivity index (χ3n) is 5.03. The maximum absolute atomic E-state index is 13.2. The normalized spacial score (nSPS) is 14.7. The smallest absolute Gasteiger partial charge is 0.193 e. The summed E-state index contributed by atoms with van der Waals surface area (Å²) < 4.78 is 0. The van der Waals surface area contributed by atoms with Gasteiger partial charge in [-0.25, -0.2) is 0 Å². The van der Waals surface area contributed by atoms with Gasteiger partial charge in [-0.3, -0.25) is 4.79 Å². The number of carbonyl (C=O) groups excluding carboxylic acids is 1. The molecule has 0 bridgehead atoms. The Morgan fingerprint density at radius 3 is 2.20 bits per heavy atom. The van der Waals surface area contributed by atoms with E-state index in [-0.39, 0.29) is 11.2 Å². The van der Waals surface area contributed by atoms with Crippen molar-refractivity contribution in [3.8, 4) is 0 Å². The minimum Gasteiger partial charge on any atom is -0.289 e. The quantitative estimate of drug-likeness (QED) is 0.600. The molecule has 1 heteroatoms. The maximum Gasteiger partial charge on any atom is 0.193 e. The van der Waals surface area contributed by atoms with Gasteiger partial charge >= 0.3 is 0 Å². The van der Waals surface area contributed by atoms with E-state index in [4.69, 9.17) is 0 Å². The van der Waals surface area contributed by atoms with Crippen LogP contribution in [0, 0.1) is 0 Å². The number of hydrogen-bond acceptors (Lipinski definition) is 1. The van der Waals surface area contributed by atoms with Crippen LogP contribution < -0.4 is 0 Å². The van der Waals surface area contributed by atoms with Gasteiger partial charge in [-0.1, -0.05) is 80.5 Å². The van der Waals surface area contributed by atoms with E-state index in [1.807, 2.05) is 30.3 Å². The van der Waals surface area contributed by atoms with Crippen LogP contribution >= 0.6 is 0 Å². The summed E-state index contributed by atoms with van der Waals surface area (Å²) in [7, 11) is 0. The lowest BCUT2D eigenvalue weighted by Gasteiger charge is -2.21. The monoisotopic (exact) mass is 330 g/mol. The molecule has 0 N–H and O–H groups in total. The molecule has 0 atom stereocenters. The fourth-order valence-electron chi connectivity index (χ4n) is 3.26. The average molecular weight is 330 g/mol. The fourth-order valence-corrected chi connectivity index (χ4v) is 3.26. The van der Waals surface area contributed by atoms with Gasteiger partial charge in [0.25, 0.3) is 0 Å². The van der Waals surface area contributed by atoms with E-state index in [2.05, 4.69) is 58.9 Å². The first-order valence-electron chi connectivity index (χ1n) is 8.89. The lowest BCUT2D eigenvalue weighted by Crippen LogP contribution is -2.14. The minimum atomic E-state index is 0.0123. The van der Waals surface area contributed by atoms with Gasteiger partial charge in [-0.05, 0) is 48.4 Å². The van der Waals surface area contributed by atoms with E-state index in [0.717, 1.165) is 23.1 Å². The number of rotatable bonds is 3. The van der Waals surface area contributed by atoms with Crippen molar-refractivity contribution in [3.63, 3.8) is 0 Å². The van der Waals surface area contributed by atoms with Crippen LogP contribution in [0.15, 0.2) is 65.8 Å². The fraction of sp³-hybridized carbons (Fsp3) is 0.292. The molecule has 128 valence electrons. The third kappa shape index (κ3) is 3.51. The largest absolute Gasteiger partial charge is 0.289 e. The highest BCUT2D eigenvalue weighted by molar-refractivity contribution is 6.12. The van der Waals surface area contributed by atoms with Crippen LogP contribution in [-0.4, -0.2) is 5.78 Å². The Morgan fingerprint density at radius 1 is 0.960 bits per heavy atom. The van der Waals surface area contributed by atoms with Crippen LogP contribution in [0.3, 0.4) is 0 Å². The van der Waals surface area contributed by atoms with Crippen LogP contribution in [0.4, 0.5) is 0 Å². The second-order valence-electron chi connectivity index (χ2n) is 8.02. The first-order chi connectivity index (χ1) is 11.8. The summed E-state index contributed by atoms with van der Waals surface area (Å²) in [6.45, 7) is 10.9.